The summed E-state index contributed by atoms with van der Waals surface area (Å²) in [6, 6.07) is 15.0. The van der Waals surface area contributed by atoms with Gasteiger partial charge in [0.05, 0.1) is 31.4 Å². The van der Waals surface area contributed by atoms with E-state index in [9.17, 15) is 10.1 Å². The minimum atomic E-state index is -0.355. The summed E-state index contributed by atoms with van der Waals surface area (Å²) >= 11 is 0. The summed E-state index contributed by atoms with van der Waals surface area (Å²) in [5, 5.41) is 9.27. The number of carbonyl (C=O) groups excluding carboxylic acids is 1. The van der Waals surface area contributed by atoms with Crippen molar-refractivity contribution in [1.29, 1.82) is 5.26 Å². The molecule has 0 bridgehead atoms. The zero-order valence-corrected chi connectivity index (χ0v) is 15.3. The van der Waals surface area contributed by atoms with E-state index in [1.165, 1.54) is 7.11 Å². The minimum absolute atomic E-state index is 0.355. The first kappa shape index (κ1) is 19.1. The van der Waals surface area contributed by atoms with Crippen LogP contribution in [0.2, 0.25) is 0 Å². The van der Waals surface area contributed by atoms with Crippen molar-refractivity contribution < 1.29 is 14.3 Å². The van der Waals surface area contributed by atoms with E-state index in [2.05, 4.69) is 17.5 Å². The molecule has 0 saturated carbocycles. The highest BCUT2D eigenvalue weighted by atomic mass is 16.5. The molecule has 5 heteroatoms. The van der Waals surface area contributed by atoms with Crippen LogP contribution in [0.5, 0.6) is 5.75 Å². The average molecular weight is 350 g/mol. The second kappa shape index (κ2) is 8.72. The third-order valence-corrected chi connectivity index (χ3v) is 4.13. The predicted molar refractivity (Wildman–Crippen MR) is 102 cm³/mol. The van der Waals surface area contributed by atoms with Gasteiger partial charge in [0.2, 0.25) is 0 Å². The van der Waals surface area contributed by atoms with Crippen molar-refractivity contribution in [3.63, 3.8) is 0 Å². The molecule has 0 unspecified atom stereocenters. The van der Waals surface area contributed by atoms with E-state index >= 15 is 0 Å². The molecule has 0 aliphatic rings. The van der Waals surface area contributed by atoms with E-state index in [1.807, 2.05) is 37.3 Å². The average Bonchev–Trinajstić information content (AvgIpc) is 2.70. The highest BCUT2D eigenvalue weighted by Crippen LogP contribution is 2.31. The Labute approximate surface area is 154 Å². The van der Waals surface area contributed by atoms with Crippen LogP contribution in [0.1, 0.15) is 28.4 Å². The molecule has 2 rings (SSSR count). The quantitative estimate of drug-likeness (QED) is 0.557. The molecule has 0 aliphatic heterocycles. The Bertz CT molecular complexity index is 835. The number of rotatable bonds is 7. The minimum Gasteiger partial charge on any atom is -0.497 e. The van der Waals surface area contributed by atoms with Crippen LogP contribution in [-0.2, 0) is 11.3 Å². The molecule has 0 N–H and O–H groups in total. The van der Waals surface area contributed by atoms with Crippen molar-refractivity contribution in [3.8, 4) is 11.8 Å². The Hall–Kier alpha value is -3.26. The van der Waals surface area contributed by atoms with Gasteiger partial charge in [-0.15, -0.1) is 0 Å². The standard InChI is InChI=1S/C21H22N2O3/c1-5-23(14-16-6-8-17(9-7-16)21(24)26-4)20-11-10-18(25-3)12-19(20)15(2)13-22/h6-12H,2,5,14H2,1,3-4H3. The molecule has 2 aromatic rings. The SMILES string of the molecule is C=C(C#N)c1cc(OC)ccc1N(CC)Cc1ccc(C(=O)OC)cc1. The maximum absolute atomic E-state index is 11.6. The van der Waals surface area contributed by atoms with E-state index in [0.29, 0.717) is 23.4 Å². The van der Waals surface area contributed by atoms with Gasteiger partial charge < -0.3 is 14.4 Å². The fourth-order valence-electron chi connectivity index (χ4n) is 2.67. The molecule has 134 valence electrons. The van der Waals surface area contributed by atoms with E-state index in [4.69, 9.17) is 9.47 Å². The van der Waals surface area contributed by atoms with Gasteiger partial charge in [-0.3, -0.25) is 0 Å². The number of hydrogen-bond acceptors (Lipinski definition) is 5. The summed E-state index contributed by atoms with van der Waals surface area (Å²) in [6.45, 7) is 7.28. The molecular weight excluding hydrogens is 328 g/mol. The number of benzene rings is 2. The van der Waals surface area contributed by atoms with Crippen molar-refractivity contribution in [2.75, 3.05) is 25.7 Å². The summed E-state index contributed by atoms with van der Waals surface area (Å²) < 4.78 is 9.99. The summed E-state index contributed by atoms with van der Waals surface area (Å²) in [6.07, 6.45) is 0. The van der Waals surface area contributed by atoms with Crippen LogP contribution in [0.15, 0.2) is 49.0 Å². The topological polar surface area (TPSA) is 62.6 Å². The Morgan fingerprint density at radius 2 is 1.88 bits per heavy atom. The Balaban J connectivity index is 2.32. The summed E-state index contributed by atoms with van der Waals surface area (Å²) in [7, 11) is 2.96. The molecule has 0 saturated heterocycles. The molecule has 0 radical (unpaired) electrons. The zero-order chi connectivity index (χ0) is 19.1. The monoisotopic (exact) mass is 350 g/mol. The van der Waals surface area contributed by atoms with Crippen molar-refractivity contribution in [3.05, 3.63) is 65.7 Å². The van der Waals surface area contributed by atoms with Crippen LogP contribution in [0.4, 0.5) is 5.69 Å². The van der Waals surface area contributed by atoms with Crippen LogP contribution in [-0.4, -0.2) is 26.7 Å². The second-order valence-electron chi connectivity index (χ2n) is 5.68. The van der Waals surface area contributed by atoms with Crippen LogP contribution in [0.25, 0.3) is 5.57 Å². The highest BCUT2D eigenvalue weighted by molar-refractivity contribution is 5.89. The first-order chi connectivity index (χ1) is 12.5. The van der Waals surface area contributed by atoms with Crippen molar-refractivity contribution >= 4 is 17.2 Å². The van der Waals surface area contributed by atoms with Crippen molar-refractivity contribution in [2.24, 2.45) is 0 Å². The maximum atomic E-state index is 11.6. The molecule has 5 nitrogen and oxygen atoms in total. The number of ether oxygens (including phenoxy) is 2. The van der Waals surface area contributed by atoms with E-state index < -0.39 is 0 Å². The maximum Gasteiger partial charge on any atom is 0.337 e. The van der Waals surface area contributed by atoms with Crippen LogP contribution >= 0.6 is 0 Å². The number of methoxy groups -OCH3 is 2. The number of nitriles is 1. The Morgan fingerprint density at radius 1 is 1.19 bits per heavy atom. The van der Waals surface area contributed by atoms with Gasteiger partial charge in [-0.2, -0.15) is 5.26 Å². The number of nitrogens with zero attached hydrogens (tertiary/aromatic N) is 2. The smallest absolute Gasteiger partial charge is 0.337 e. The fourth-order valence-corrected chi connectivity index (χ4v) is 2.67. The molecule has 0 aromatic heterocycles. The lowest BCUT2D eigenvalue weighted by atomic mass is 10.0. The van der Waals surface area contributed by atoms with Gasteiger partial charge in [0.15, 0.2) is 0 Å². The van der Waals surface area contributed by atoms with Crippen LogP contribution < -0.4 is 9.64 Å². The van der Waals surface area contributed by atoms with Gasteiger partial charge in [0.25, 0.3) is 0 Å². The number of allylic oxidation sites excluding steroid dienone is 1. The zero-order valence-electron chi connectivity index (χ0n) is 15.3. The summed E-state index contributed by atoms with van der Waals surface area (Å²) in [4.78, 5) is 13.7. The molecule has 2 aromatic carbocycles. The third kappa shape index (κ3) is 4.22. The molecule has 0 spiro atoms. The van der Waals surface area contributed by atoms with Crippen molar-refractivity contribution in [1.82, 2.24) is 0 Å². The lowest BCUT2D eigenvalue weighted by Gasteiger charge is -2.26. The van der Waals surface area contributed by atoms with E-state index in [-0.39, 0.29) is 5.97 Å². The number of anilines is 1. The van der Waals surface area contributed by atoms with Crippen LogP contribution in [0, 0.1) is 11.3 Å². The Kier molecular flexibility index (Phi) is 6.40. The lowest BCUT2D eigenvalue weighted by molar-refractivity contribution is 0.0600. The summed E-state index contributed by atoms with van der Waals surface area (Å²) in [5.41, 5.74) is 3.61. The lowest BCUT2D eigenvalue weighted by Crippen LogP contribution is -2.23. The molecule has 0 atom stereocenters. The van der Waals surface area contributed by atoms with Gasteiger partial charge in [0, 0.05) is 24.3 Å². The predicted octanol–water partition coefficient (Wildman–Crippen LogP) is 4.05. The molecule has 0 fully saturated rings. The largest absolute Gasteiger partial charge is 0.497 e. The van der Waals surface area contributed by atoms with Gasteiger partial charge >= 0.3 is 5.97 Å². The van der Waals surface area contributed by atoms with Gasteiger partial charge in [-0.25, -0.2) is 4.79 Å². The van der Waals surface area contributed by atoms with Crippen molar-refractivity contribution in [2.45, 2.75) is 13.5 Å². The first-order valence-electron chi connectivity index (χ1n) is 8.23. The fraction of sp³-hybridized carbons (Fsp3) is 0.238. The van der Waals surface area contributed by atoms with Gasteiger partial charge in [0.1, 0.15) is 5.75 Å². The van der Waals surface area contributed by atoms with Crippen LogP contribution in [0.3, 0.4) is 0 Å². The molecule has 0 aliphatic carbocycles. The van der Waals surface area contributed by atoms with Gasteiger partial charge in [-0.05, 0) is 42.8 Å². The molecular formula is C21H22N2O3. The number of carbonyl (C=O) groups is 1. The van der Waals surface area contributed by atoms with E-state index in [1.54, 1.807) is 19.2 Å². The molecule has 0 amide bonds. The second-order valence-corrected chi connectivity index (χ2v) is 5.68. The number of hydrogen-bond donors (Lipinski definition) is 0. The molecule has 0 heterocycles. The third-order valence-electron chi connectivity index (χ3n) is 4.13. The number of esters is 1. The molecule has 26 heavy (non-hydrogen) atoms. The summed E-state index contributed by atoms with van der Waals surface area (Å²) in [5.74, 6) is 0.324. The van der Waals surface area contributed by atoms with Gasteiger partial charge in [-0.1, -0.05) is 18.7 Å². The Morgan fingerprint density at radius 3 is 2.42 bits per heavy atom. The van der Waals surface area contributed by atoms with E-state index in [0.717, 1.165) is 23.4 Å². The first-order valence-corrected chi connectivity index (χ1v) is 8.23. The highest BCUT2D eigenvalue weighted by Gasteiger charge is 2.14. The normalized spacial score (nSPS) is 9.92.